The van der Waals surface area contributed by atoms with Gasteiger partial charge in [-0.05, 0) is 13.3 Å². The van der Waals surface area contributed by atoms with Crippen molar-refractivity contribution in [3.8, 4) is 0 Å². The average molecular weight is 244 g/mol. The summed E-state index contributed by atoms with van der Waals surface area (Å²) in [5.74, 6) is 0.0928. The Morgan fingerprint density at radius 1 is 1.65 bits per heavy atom. The highest BCUT2D eigenvalue weighted by atomic mass is 16.7. The molecule has 0 spiro atoms. The molecule has 0 aliphatic carbocycles. The summed E-state index contributed by atoms with van der Waals surface area (Å²) >= 11 is 0. The molecule has 1 N–H and O–H groups in total. The van der Waals surface area contributed by atoms with E-state index in [0.29, 0.717) is 13.2 Å². The van der Waals surface area contributed by atoms with Crippen LogP contribution < -0.4 is 5.32 Å². The van der Waals surface area contributed by atoms with Gasteiger partial charge >= 0.3 is 0 Å². The van der Waals surface area contributed by atoms with Gasteiger partial charge in [0.2, 0.25) is 5.91 Å². The van der Waals surface area contributed by atoms with E-state index in [1.54, 1.807) is 7.11 Å². The summed E-state index contributed by atoms with van der Waals surface area (Å²) in [6, 6.07) is -0.117. The molecule has 0 radical (unpaired) electrons. The van der Waals surface area contributed by atoms with Crippen molar-refractivity contribution in [1.82, 2.24) is 10.2 Å². The molecule has 1 fully saturated rings. The van der Waals surface area contributed by atoms with Gasteiger partial charge in [-0.2, -0.15) is 0 Å². The van der Waals surface area contributed by atoms with Crippen molar-refractivity contribution in [2.45, 2.75) is 39.0 Å². The number of carbonyl (C=O) groups is 1. The van der Waals surface area contributed by atoms with Crippen molar-refractivity contribution in [1.29, 1.82) is 0 Å². The molecule has 0 aromatic carbocycles. The molecule has 0 aromatic heterocycles. The Kier molecular flexibility index (Phi) is 6.47. The number of rotatable bonds is 6. The summed E-state index contributed by atoms with van der Waals surface area (Å²) in [5.41, 5.74) is 0. The van der Waals surface area contributed by atoms with Gasteiger partial charge in [-0.15, -0.1) is 0 Å². The van der Waals surface area contributed by atoms with E-state index in [1.165, 1.54) is 0 Å². The smallest absolute Gasteiger partial charge is 0.237 e. The van der Waals surface area contributed by atoms with Crippen molar-refractivity contribution in [2.24, 2.45) is 0 Å². The van der Waals surface area contributed by atoms with Crippen LogP contribution in [0.25, 0.3) is 0 Å². The molecule has 2 atom stereocenters. The predicted octanol–water partition coefficient (Wildman–Crippen LogP) is 0.596. The van der Waals surface area contributed by atoms with Crippen molar-refractivity contribution in [3.05, 3.63) is 0 Å². The fourth-order valence-electron chi connectivity index (χ4n) is 1.83. The standard InChI is InChI=1S/C12H24N2O3/c1-4-5-6-13-12(15)10(2)14-7-8-17-11(9-14)16-3/h10-11H,4-9H2,1-3H3,(H,13,15). The Morgan fingerprint density at radius 2 is 2.41 bits per heavy atom. The van der Waals surface area contributed by atoms with Crippen LogP contribution in [0.1, 0.15) is 26.7 Å². The quantitative estimate of drug-likeness (QED) is 0.695. The first-order chi connectivity index (χ1) is 8.19. The van der Waals surface area contributed by atoms with Crippen LogP contribution in [0.4, 0.5) is 0 Å². The van der Waals surface area contributed by atoms with Crippen LogP contribution in [0, 0.1) is 0 Å². The fourth-order valence-corrected chi connectivity index (χ4v) is 1.83. The van der Waals surface area contributed by atoms with Crippen LogP contribution in [0.15, 0.2) is 0 Å². The van der Waals surface area contributed by atoms with Gasteiger partial charge in [0.1, 0.15) is 0 Å². The number of ether oxygens (including phenoxy) is 2. The fraction of sp³-hybridized carbons (Fsp3) is 0.917. The van der Waals surface area contributed by atoms with Crippen molar-refractivity contribution in [2.75, 3.05) is 33.4 Å². The van der Waals surface area contributed by atoms with Gasteiger partial charge in [-0.1, -0.05) is 13.3 Å². The number of unbranched alkanes of at least 4 members (excludes halogenated alkanes) is 1. The van der Waals surface area contributed by atoms with Gasteiger partial charge in [0, 0.05) is 20.2 Å². The monoisotopic (exact) mass is 244 g/mol. The second-order valence-electron chi connectivity index (χ2n) is 4.35. The molecule has 1 amide bonds. The lowest BCUT2D eigenvalue weighted by Gasteiger charge is -2.35. The summed E-state index contributed by atoms with van der Waals surface area (Å²) in [4.78, 5) is 14.0. The number of amides is 1. The van der Waals surface area contributed by atoms with Gasteiger partial charge in [0.05, 0.1) is 19.2 Å². The number of hydrogen-bond acceptors (Lipinski definition) is 4. The number of methoxy groups -OCH3 is 1. The Hall–Kier alpha value is -0.650. The second-order valence-corrected chi connectivity index (χ2v) is 4.35. The number of nitrogens with zero attached hydrogens (tertiary/aromatic N) is 1. The highest BCUT2D eigenvalue weighted by Gasteiger charge is 2.27. The molecule has 1 saturated heterocycles. The molecule has 1 heterocycles. The summed E-state index contributed by atoms with van der Waals surface area (Å²) in [5, 5.41) is 2.95. The zero-order valence-electron chi connectivity index (χ0n) is 11.1. The maximum absolute atomic E-state index is 11.9. The van der Waals surface area contributed by atoms with Gasteiger partial charge in [-0.3, -0.25) is 9.69 Å². The Morgan fingerprint density at radius 3 is 3.06 bits per heavy atom. The topological polar surface area (TPSA) is 50.8 Å². The van der Waals surface area contributed by atoms with E-state index < -0.39 is 0 Å². The van der Waals surface area contributed by atoms with Crippen LogP contribution in [-0.2, 0) is 14.3 Å². The maximum Gasteiger partial charge on any atom is 0.237 e. The Balaban J connectivity index is 2.34. The van der Waals surface area contributed by atoms with E-state index in [-0.39, 0.29) is 18.2 Å². The lowest BCUT2D eigenvalue weighted by molar-refractivity contribution is -0.172. The van der Waals surface area contributed by atoms with E-state index >= 15 is 0 Å². The SMILES string of the molecule is CCCCNC(=O)C(C)N1CCOC(OC)C1. The third-order valence-corrected chi connectivity index (χ3v) is 3.09. The molecule has 1 aliphatic rings. The average Bonchev–Trinajstić information content (AvgIpc) is 2.38. The molecule has 0 bridgehead atoms. The van der Waals surface area contributed by atoms with E-state index in [4.69, 9.17) is 9.47 Å². The van der Waals surface area contributed by atoms with Crippen molar-refractivity contribution in [3.63, 3.8) is 0 Å². The Bertz CT molecular complexity index is 236. The molecule has 5 heteroatoms. The van der Waals surface area contributed by atoms with Crippen LogP contribution in [-0.4, -0.2) is 56.5 Å². The predicted molar refractivity (Wildman–Crippen MR) is 65.7 cm³/mol. The Labute approximate surface area is 103 Å². The van der Waals surface area contributed by atoms with E-state index in [0.717, 1.165) is 25.9 Å². The lowest BCUT2D eigenvalue weighted by atomic mass is 10.2. The van der Waals surface area contributed by atoms with Crippen molar-refractivity contribution >= 4 is 5.91 Å². The molecule has 1 aliphatic heterocycles. The molecule has 1 rings (SSSR count). The number of hydrogen-bond donors (Lipinski definition) is 1. The molecular weight excluding hydrogens is 220 g/mol. The second kappa shape index (κ2) is 7.63. The summed E-state index contributed by atoms with van der Waals surface area (Å²) in [7, 11) is 1.63. The highest BCUT2D eigenvalue weighted by Crippen LogP contribution is 2.09. The molecule has 0 saturated carbocycles. The summed E-state index contributed by atoms with van der Waals surface area (Å²) in [6.45, 7) is 6.85. The largest absolute Gasteiger partial charge is 0.355 e. The van der Waals surface area contributed by atoms with Gasteiger partial charge in [0.25, 0.3) is 0 Å². The molecular formula is C12H24N2O3. The van der Waals surface area contributed by atoms with Crippen LogP contribution in [0.3, 0.4) is 0 Å². The summed E-state index contributed by atoms with van der Waals surface area (Å²) in [6.07, 6.45) is 1.91. The minimum atomic E-state index is -0.213. The molecule has 17 heavy (non-hydrogen) atoms. The first-order valence-corrected chi connectivity index (χ1v) is 6.35. The van der Waals surface area contributed by atoms with Crippen LogP contribution >= 0.6 is 0 Å². The number of morpholine rings is 1. The third-order valence-electron chi connectivity index (χ3n) is 3.09. The van der Waals surface area contributed by atoms with Gasteiger partial charge in [0.15, 0.2) is 6.29 Å². The minimum Gasteiger partial charge on any atom is -0.355 e. The maximum atomic E-state index is 11.9. The van der Waals surface area contributed by atoms with Gasteiger partial charge < -0.3 is 14.8 Å². The van der Waals surface area contributed by atoms with Crippen molar-refractivity contribution < 1.29 is 14.3 Å². The zero-order valence-corrected chi connectivity index (χ0v) is 11.1. The van der Waals surface area contributed by atoms with E-state index in [1.807, 2.05) is 6.92 Å². The summed E-state index contributed by atoms with van der Waals surface area (Å²) < 4.78 is 10.5. The van der Waals surface area contributed by atoms with Crippen LogP contribution in [0.5, 0.6) is 0 Å². The third kappa shape index (κ3) is 4.61. The lowest BCUT2D eigenvalue weighted by Crippen LogP contribution is -2.52. The molecule has 100 valence electrons. The first kappa shape index (κ1) is 14.4. The number of nitrogens with one attached hydrogen (secondary N) is 1. The van der Waals surface area contributed by atoms with E-state index in [2.05, 4.69) is 17.1 Å². The van der Waals surface area contributed by atoms with Crippen LogP contribution in [0.2, 0.25) is 0 Å². The molecule has 5 nitrogen and oxygen atoms in total. The normalized spacial score (nSPS) is 23.4. The first-order valence-electron chi connectivity index (χ1n) is 6.35. The van der Waals surface area contributed by atoms with Gasteiger partial charge in [-0.25, -0.2) is 0 Å². The zero-order chi connectivity index (χ0) is 12.7. The molecule has 0 aromatic rings. The molecule has 2 unspecified atom stereocenters. The number of carbonyl (C=O) groups excluding carboxylic acids is 1. The minimum absolute atomic E-state index is 0.0928. The highest BCUT2D eigenvalue weighted by molar-refractivity contribution is 5.81. The van der Waals surface area contributed by atoms with E-state index in [9.17, 15) is 4.79 Å².